The number of benzene rings is 2. The molecule has 5 nitrogen and oxygen atoms in total. The maximum absolute atomic E-state index is 13.1. The third-order valence-corrected chi connectivity index (χ3v) is 4.92. The summed E-state index contributed by atoms with van der Waals surface area (Å²) in [4.78, 5) is 12.7. The van der Waals surface area contributed by atoms with Crippen molar-refractivity contribution in [3.05, 3.63) is 64.9 Å². The van der Waals surface area contributed by atoms with E-state index in [0.717, 1.165) is 12.3 Å². The van der Waals surface area contributed by atoms with E-state index in [0.29, 0.717) is 11.0 Å². The van der Waals surface area contributed by atoms with Crippen LogP contribution in [-0.4, -0.2) is 20.6 Å². The highest BCUT2D eigenvalue weighted by Gasteiger charge is 2.33. The molecule has 0 saturated carbocycles. The molecule has 2 aromatic carbocycles. The van der Waals surface area contributed by atoms with Crippen molar-refractivity contribution in [2.75, 3.05) is 11.6 Å². The number of carbonyl (C=O) groups excluding carboxylic acids is 1. The van der Waals surface area contributed by atoms with Crippen LogP contribution in [0.25, 0.3) is 11.0 Å². The Morgan fingerprint density at radius 2 is 1.82 bits per heavy atom. The Bertz CT molecular complexity index is 1160. The van der Waals surface area contributed by atoms with Crippen molar-refractivity contribution in [2.45, 2.75) is 18.9 Å². The molecule has 0 atom stereocenters. The van der Waals surface area contributed by atoms with E-state index >= 15 is 0 Å². The fraction of sp³-hybridized carbons (Fsp3) is 0.211. The van der Waals surface area contributed by atoms with Gasteiger partial charge >= 0.3 is 6.18 Å². The van der Waals surface area contributed by atoms with E-state index in [2.05, 4.69) is 5.32 Å². The van der Waals surface area contributed by atoms with Gasteiger partial charge in [-0.2, -0.15) is 13.2 Å². The Balaban J connectivity index is 2.02. The summed E-state index contributed by atoms with van der Waals surface area (Å²) >= 11 is 0. The molecule has 28 heavy (non-hydrogen) atoms. The van der Waals surface area contributed by atoms with E-state index in [4.69, 9.17) is 4.42 Å². The number of nitrogens with one attached hydrogen (secondary N) is 1. The summed E-state index contributed by atoms with van der Waals surface area (Å²) < 4.78 is 68.3. The molecule has 0 radical (unpaired) electrons. The summed E-state index contributed by atoms with van der Waals surface area (Å²) in [5, 5.41) is 2.81. The average molecular weight is 411 g/mol. The summed E-state index contributed by atoms with van der Waals surface area (Å²) in [7, 11) is -3.49. The van der Waals surface area contributed by atoms with Gasteiger partial charge in [-0.15, -0.1) is 0 Å². The Kier molecular flexibility index (Phi) is 4.97. The fourth-order valence-electron chi connectivity index (χ4n) is 2.88. The number of amides is 1. The highest BCUT2D eigenvalue weighted by atomic mass is 32.2. The SMILES string of the molecule is Cc1ccc(NC(=O)c2oc3ccccc3c2CS(C)(=O)=O)cc1C(F)(F)F. The zero-order chi connectivity index (χ0) is 20.7. The number of hydrogen-bond donors (Lipinski definition) is 1. The monoisotopic (exact) mass is 411 g/mol. The Hall–Kier alpha value is -2.81. The van der Waals surface area contributed by atoms with Gasteiger partial charge in [0.15, 0.2) is 15.6 Å². The molecule has 3 aromatic rings. The van der Waals surface area contributed by atoms with Crippen molar-refractivity contribution in [2.24, 2.45) is 0 Å². The first-order chi connectivity index (χ1) is 13.0. The molecule has 3 rings (SSSR count). The van der Waals surface area contributed by atoms with Crippen molar-refractivity contribution in [3.63, 3.8) is 0 Å². The van der Waals surface area contributed by atoms with E-state index < -0.39 is 33.2 Å². The summed E-state index contributed by atoms with van der Waals surface area (Å²) in [6.45, 7) is 1.32. The molecule has 0 fully saturated rings. The summed E-state index contributed by atoms with van der Waals surface area (Å²) in [5.41, 5.74) is -0.447. The van der Waals surface area contributed by atoms with Crippen molar-refractivity contribution < 1.29 is 30.8 Å². The number of rotatable bonds is 4. The smallest absolute Gasteiger partial charge is 0.416 e. The van der Waals surface area contributed by atoms with Gasteiger partial charge in [0.2, 0.25) is 0 Å². The number of sulfone groups is 1. The predicted molar refractivity (Wildman–Crippen MR) is 98.9 cm³/mol. The van der Waals surface area contributed by atoms with Crippen LogP contribution in [-0.2, 0) is 21.8 Å². The van der Waals surface area contributed by atoms with E-state index in [9.17, 15) is 26.4 Å². The average Bonchev–Trinajstić information content (AvgIpc) is 2.93. The van der Waals surface area contributed by atoms with Crippen LogP contribution in [0.15, 0.2) is 46.9 Å². The van der Waals surface area contributed by atoms with Gasteiger partial charge in [0.1, 0.15) is 5.58 Å². The van der Waals surface area contributed by atoms with Gasteiger partial charge in [-0.3, -0.25) is 4.79 Å². The Morgan fingerprint density at radius 3 is 2.46 bits per heavy atom. The minimum absolute atomic E-state index is 0.0204. The van der Waals surface area contributed by atoms with Crippen LogP contribution in [0, 0.1) is 6.92 Å². The number of fused-ring (bicyclic) bond motifs is 1. The van der Waals surface area contributed by atoms with Crippen LogP contribution < -0.4 is 5.32 Å². The van der Waals surface area contributed by atoms with Crippen LogP contribution in [0.2, 0.25) is 0 Å². The predicted octanol–water partition coefficient (Wildman–Crippen LogP) is 4.56. The van der Waals surface area contributed by atoms with E-state index in [1.807, 2.05) is 0 Å². The number of alkyl halides is 3. The molecule has 148 valence electrons. The highest BCUT2D eigenvalue weighted by molar-refractivity contribution is 7.89. The summed E-state index contributed by atoms with van der Waals surface area (Å²) in [6.07, 6.45) is -3.54. The molecule has 1 aromatic heterocycles. The number of hydrogen-bond acceptors (Lipinski definition) is 4. The zero-order valence-electron chi connectivity index (χ0n) is 14.9. The number of anilines is 1. The van der Waals surface area contributed by atoms with Crippen molar-refractivity contribution in [1.29, 1.82) is 0 Å². The summed E-state index contributed by atoms with van der Waals surface area (Å²) in [6, 6.07) is 9.92. The first-order valence-corrected chi connectivity index (χ1v) is 10.2. The number of carbonyl (C=O) groups is 1. The van der Waals surface area contributed by atoms with Gasteiger partial charge in [0.05, 0.1) is 11.3 Å². The van der Waals surface area contributed by atoms with Gasteiger partial charge in [-0.25, -0.2) is 8.42 Å². The molecule has 0 bridgehead atoms. The number of furan rings is 1. The second-order valence-electron chi connectivity index (χ2n) is 6.46. The third-order valence-electron chi connectivity index (χ3n) is 4.11. The van der Waals surface area contributed by atoms with Gasteiger partial charge in [0, 0.05) is 22.9 Å². The largest absolute Gasteiger partial charge is 0.451 e. The molecule has 0 unspecified atom stereocenters. The second kappa shape index (κ2) is 6.97. The standard InChI is InChI=1S/C19H16F3NO4S/c1-11-7-8-12(9-15(11)19(20,21)22)23-18(24)17-14(10-28(2,25)26)13-5-3-4-6-16(13)27-17/h3-9H,10H2,1-2H3,(H,23,24). The first-order valence-electron chi connectivity index (χ1n) is 8.13. The Morgan fingerprint density at radius 1 is 1.14 bits per heavy atom. The first kappa shape index (κ1) is 19.9. The molecule has 0 aliphatic heterocycles. The molecule has 0 aliphatic carbocycles. The molecule has 1 N–H and O–H groups in total. The molecule has 0 spiro atoms. The minimum Gasteiger partial charge on any atom is -0.451 e. The molecular weight excluding hydrogens is 395 g/mol. The fourth-order valence-corrected chi connectivity index (χ4v) is 3.69. The topological polar surface area (TPSA) is 76.4 Å². The second-order valence-corrected chi connectivity index (χ2v) is 8.60. The van der Waals surface area contributed by atoms with Crippen LogP contribution in [0.3, 0.4) is 0 Å². The summed E-state index contributed by atoms with van der Waals surface area (Å²) in [5.74, 6) is -1.51. The van der Waals surface area contributed by atoms with Crippen LogP contribution in [0.5, 0.6) is 0 Å². The molecule has 9 heteroatoms. The van der Waals surface area contributed by atoms with E-state index in [1.165, 1.54) is 19.1 Å². The lowest BCUT2D eigenvalue weighted by atomic mass is 10.1. The van der Waals surface area contributed by atoms with Crippen molar-refractivity contribution >= 4 is 32.4 Å². The Labute approximate surface area is 159 Å². The van der Waals surface area contributed by atoms with Gasteiger partial charge in [-0.1, -0.05) is 24.3 Å². The molecular formula is C19H16F3NO4S. The zero-order valence-corrected chi connectivity index (χ0v) is 15.7. The molecule has 0 aliphatic rings. The normalized spacial score (nSPS) is 12.3. The quantitative estimate of drug-likeness (QED) is 0.683. The van der Waals surface area contributed by atoms with Crippen LogP contribution in [0.1, 0.15) is 27.2 Å². The van der Waals surface area contributed by atoms with Gasteiger partial charge in [0.25, 0.3) is 5.91 Å². The minimum atomic E-state index is -4.56. The van der Waals surface area contributed by atoms with Crippen molar-refractivity contribution in [3.8, 4) is 0 Å². The lowest BCUT2D eigenvalue weighted by Crippen LogP contribution is -2.15. The number of aryl methyl sites for hydroxylation is 1. The lowest BCUT2D eigenvalue weighted by Gasteiger charge is -2.12. The molecule has 0 saturated heterocycles. The van der Waals surface area contributed by atoms with Crippen LogP contribution in [0.4, 0.5) is 18.9 Å². The molecule has 1 heterocycles. The van der Waals surface area contributed by atoms with Crippen LogP contribution >= 0.6 is 0 Å². The maximum Gasteiger partial charge on any atom is 0.416 e. The number of halogens is 3. The highest BCUT2D eigenvalue weighted by Crippen LogP contribution is 2.34. The molecule has 1 amide bonds. The maximum atomic E-state index is 13.1. The van der Waals surface area contributed by atoms with E-state index in [-0.39, 0.29) is 22.6 Å². The number of para-hydroxylation sites is 1. The lowest BCUT2D eigenvalue weighted by molar-refractivity contribution is -0.138. The van der Waals surface area contributed by atoms with E-state index in [1.54, 1.807) is 24.3 Å². The van der Waals surface area contributed by atoms with Gasteiger partial charge in [-0.05, 0) is 30.7 Å². The van der Waals surface area contributed by atoms with Gasteiger partial charge < -0.3 is 9.73 Å². The van der Waals surface area contributed by atoms with Crippen molar-refractivity contribution in [1.82, 2.24) is 0 Å². The third kappa shape index (κ3) is 4.19.